The third kappa shape index (κ3) is 4.18. The van der Waals surface area contributed by atoms with Crippen LogP contribution >= 0.6 is 0 Å². The van der Waals surface area contributed by atoms with E-state index in [9.17, 15) is 18.0 Å². The second kappa shape index (κ2) is 7.26. The first kappa shape index (κ1) is 17.5. The van der Waals surface area contributed by atoms with Crippen molar-refractivity contribution in [3.63, 3.8) is 0 Å². The number of carbonyl (C=O) groups excluding carboxylic acids is 1. The second-order valence-electron chi connectivity index (χ2n) is 5.41. The number of nitrogens with one attached hydrogen (secondary N) is 1. The van der Waals surface area contributed by atoms with Crippen LogP contribution in [-0.4, -0.2) is 15.7 Å². The Morgan fingerprint density at radius 2 is 1.88 bits per heavy atom. The van der Waals surface area contributed by atoms with Gasteiger partial charge in [-0.25, -0.2) is 4.68 Å². The lowest BCUT2D eigenvalue weighted by molar-refractivity contribution is -0.137. The minimum Gasteiger partial charge on any atom is -0.321 e. The first-order valence-corrected chi connectivity index (χ1v) is 7.69. The van der Waals surface area contributed by atoms with Gasteiger partial charge in [-0.15, -0.1) is 0 Å². The lowest BCUT2D eigenvalue weighted by atomic mass is 10.1. The zero-order chi connectivity index (χ0) is 18.6. The van der Waals surface area contributed by atoms with Gasteiger partial charge in [-0.1, -0.05) is 24.3 Å². The molecule has 1 heterocycles. The average Bonchev–Trinajstić information content (AvgIpc) is 3.14. The summed E-state index contributed by atoms with van der Waals surface area (Å²) >= 11 is 0. The Kier molecular flexibility index (Phi) is 4.88. The van der Waals surface area contributed by atoms with Crippen LogP contribution in [0.25, 0.3) is 11.8 Å². The quantitative estimate of drug-likeness (QED) is 0.697. The summed E-state index contributed by atoms with van der Waals surface area (Å²) in [6, 6.07) is 13.6. The van der Waals surface area contributed by atoms with Crippen molar-refractivity contribution in [2.24, 2.45) is 0 Å². The molecular formula is C19H14F3N3O. The van der Waals surface area contributed by atoms with Crippen LogP contribution in [0, 0.1) is 0 Å². The van der Waals surface area contributed by atoms with Crippen LogP contribution in [0.15, 0.2) is 73.1 Å². The SMILES string of the molecule is O=C(/C=C/c1cccc(C(F)(F)F)c1)Nc1ccccc1-n1cccn1. The van der Waals surface area contributed by atoms with Gasteiger partial charge in [-0.2, -0.15) is 18.3 Å². The molecule has 0 fully saturated rings. The Morgan fingerprint density at radius 1 is 1.08 bits per heavy atom. The third-order valence-electron chi connectivity index (χ3n) is 3.55. The van der Waals surface area contributed by atoms with Gasteiger partial charge in [0.15, 0.2) is 0 Å². The van der Waals surface area contributed by atoms with Gasteiger partial charge in [0.05, 0.1) is 16.9 Å². The summed E-state index contributed by atoms with van der Waals surface area (Å²) < 4.78 is 39.8. The Bertz CT molecular complexity index is 931. The van der Waals surface area contributed by atoms with Crippen molar-refractivity contribution in [3.05, 3.63) is 84.2 Å². The van der Waals surface area contributed by atoms with Gasteiger partial charge in [-0.05, 0) is 42.0 Å². The molecule has 0 unspecified atom stereocenters. The molecule has 1 N–H and O–H groups in total. The molecule has 0 aliphatic heterocycles. The zero-order valence-corrected chi connectivity index (χ0v) is 13.4. The smallest absolute Gasteiger partial charge is 0.321 e. The standard InChI is InChI=1S/C19H14F3N3O/c20-19(21,22)15-6-3-5-14(13-15)9-10-18(26)24-16-7-1-2-8-17(16)25-12-4-11-23-25/h1-13H,(H,24,26)/b10-9+. The minimum absolute atomic E-state index is 0.287. The summed E-state index contributed by atoms with van der Waals surface area (Å²) in [5, 5.41) is 6.83. The number of aromatic nitrogens is 2. The highest BCUT2D eigenvalue weighted by Gasteiger charge is 2.30. The molecular weight excluding hydrogens is 343 g/mol. The fourth-order valence-electron chi connectivity index (χ4n) is 2.36. The molecule has 1 amide bonds. The van der Waals surface area contributed by atoms with E-state index >= 15 is 0 Å². The molecule has 3 rings (SSSR count). The number of halogens is 3. The van der Waals surface area contributed by atoms with Gasteiger partial charge in [0.1, 0.15) is 0 Å². The van der Waals surface area contributed by atoms with Crippen LogP contribution in [0.3, 0.4) is 0 Å². The lowest BCUT2D eigenvalue weighted by Crippen LogP contribution is -2.10. The summed E-state index contributed by atoms with van der Waals surface area (Å²) in [4.78, 5) is 12.1. The molecule has 0 aliphatic carbocycles. The van der Waals surface area contributed by atoms with E-state index in [1.54, 1.807) is 41.3 Å². The van der Waals surface area contributed by atoms with E-state index < -0.39 is 17.6 Å². The molecule has 0 atom stereocenters. The van der Waals surface area contributed by atoms with E-state index in [-0.39, 0.29) is 5.56 Å². The molecule has 0 spiro atoms. The van der Waals surface area contributed by atoms with E-state index in [1.165, 1.54) is 24.3 Å². The lowest BCUT2D eigenvalue weighted by Gasteiger charge is -2.09. The van der Waals surface area contributed by atoms with Gasteiger partial charge >= 0.3 is 6.18 Å². The summed E-state index contributed by atoms with van der Waals surface area (Å²) in [6.07, 6.45) is 1.46. The van der Waals surface area contributed by atoms with E-state index in [2.05, 4.69) is 10.4 Å². The summed E-state index contributed by atoms with van der Waals surface area (Å²) in [5.74, 6) is -0.456. The first-order valence-electron chi connectivity index (χ1n) is 7.69. The van der Waals surface area contributed by atoms with Crippen LogP contribution in [0.5, 0.6) is 0 Å². The maximum absolute atomic E-state index is 12.7. The van der Waals surface area contributed by atoms with Crippen LogP contribution < -0.4 is 5.32 Å². The number of hydrogen-bond donors (Lipinski definition) is 1. The normalized spacial score (nSPS) is 11.7. The van der Waals surface area contributed by atoms with Crippen molar-refractivity contribution >= 4 is 17.7 Å². The van der Waals surface area contributed by atoms with Crippen LogP contribution in [0.4, 0.5) is 18.9 Å². The largest absolute Gasteiger partial charge is 0.416 e. The van der Waals surface area contributed by atoms with Crippen LogP contribution in [0.2, 0.25) is 0 Å². The molecule has 0 aliphatic rings. The predicted octanol–water partition coefficient (Wildman–Crippen LogP) is 4.54. The molecule has 0 bridgehead atoms. The highest BCUT2D eigenvalue weighted by atomic mass is 19.4. The minimum atomic E-state index is -4.42. The fraction of sp³-hybridized carbons (Fsp3) is 0.0526. The van der Waals surface area contributed by atoms with Crippen LogP contribution in [-0.2, 0) is 11.0 Å². The zero-order valence-electron chi connectivity index (χ0n) is 13.4. The number of anilines is 1. The molecule has 4 nitrogen and oxygen atoms in total. The number of benzene rings is 2. The number of nitrogens with zero attached hydrogens (tertiary/aromatic N) is 2. The van der Waals surface area contributed by atoms with Crippen molar-refractivity contribution in [1.29, 1.82) is 0 Å². The van der Waals surface area contributed by atoms with Gasteiger partial charge < -0.3 is 5.32 Å². The van der Waals surface area contributed by atoms with Crippen molar-refractivity contribution in [2.45, 2.75) is 6.18 Å². The maximum Gasteiger partial charge on any atom is 0.416 e. The van der Waals surface area contributed by atoms with Crippen molar-refractivity contribution in [3.8, 4) is 5.69 Å². The molecule has 2 aromatic carbocycles. The van der Waals surface area contributed by atoms with Crippen molar-refractivity contribution in [2.75, 3.05) is 5.32 Å². The van der Waals surface area contributed by atoms with E-state index in [0.717, 1.165) is 12.1 Å². The fourth-order valence-corrected chi connectivity index (χ4v) is 2.36. The average molecular weight is 357 g/mol. The van der Waals surface area contributed by atoms with E-state index in [1.807, 2.05) is 6.07 Å². The monoisotopic (exact) mass is 357 g/mol. The molecule has 3 aromatic rings. The molecule has 26 heavy (non-hydrogen) atoms. The second-order valence-corrected chi connectivity index (χ2v) is 5.41. The molecule has 7 heteroatoms. The van der Waals surface area contributed by atoms with Gasteiger partial charge in [0.25, 0.3) is 0 Å². The highest BCUT2D eigenvalue weighted by Crippen LogP contribution is 2.29. The van der Waals surface area contributed by atoms with Crippen molar-refractivity contribution < 1.29 is 18.0 Å². The van der Waals surface area contributed by atoms with Gasteiger partial charge in [0, 0.05) is 18.5 Å². The molecule has 0 saturated carbocycles. The van der Waals surface area contributed by atoms with Gasteiger partial charge in [-0.3, -0.25) is 4.79 Å². The molecule has 1 aromatic heterocycles. The maximum atomic E-state index is 12.7. The summed E-state index contributed by atoms with van der Waals surface area (Å²) in [6.45, 7) is 0. The number of alkyl halides is 3. The van der Waals surface area contributed by atoms with E-state index in [0.29, 0.717) is 11.4 Å². The third-order valence-corrected chi connectivity index (χ3v) is 3.55. The number of rotatable bonds is 4. The summed E-state index contributed by atoms with van der Waals surface area (Å²) in [7, 11) is 0. The molecule has 132 valence electrons. The molecule has 0 saturated heterocycles. The van der Waals surface area contributed by atoms with Crippen molar-refractivity contribution in [1.82, 2.24) is 9.78 Å². The Labute approximate surface area is 147 Å². The number of carbonyl (C=O) groups is 1. The van der Waals surface area contributed by atoms with Crippen LogP contribution in [0.1, 0.15) is 11.1 Å². The Balaban J connectivity index is 1.75. The Hall–Kier alpha value is -3.35. The summed E-state index contributed by atoms with van der Waals surface area (Å²) in [5.41, 5.74) is 0.743. The topological polar surface area (TPSA) is 46.9 Å². The van der Waals surface area contributed by atoms with E-state index in [4.69, 9.17) is 0 Å². The molecule has 0 radical (unpaired) electrons. The predicted molar refractivity (Wildman–Crippen MR) is 92.7 cm³/mol. The number of amides is 1. The first-order chi connectivity index (χ1) is 12.4. The van der Waals surface area contributed by atoms with Gasteiger partial charge in [0.2, 0.25) is 5.91 Å². The Morgan fingerprint density at radius 3 is 2.62 bits per heavy atom. The highest BCUT2D eigenvalue weighted by molar-refractivity contribution is 6.03. The number of hydrogen-bond acceptors (Lipinski definition) is 2. The number of para-hydroxylation sites is 2.